The van der Waals surface area contributed by atoms with Gasteiger partial charge in [0.2, 0.25) is 10.0 Å². The van der Waals surface area contributed by atoms with Crippen molar-refractivity contribution >= 4 is 10.0 Å². The smallest absolute Gasteiger partial charge is 0.303 e. The highest BCUT2D eigenvalue weighted by atomic mass is 32.2. The maximum Gasteiger partial charge on any atom is 0.406 e. The van der Waals surface area contributed by atoms with E-state index >= 15 is 0 Å². The molecule has 1 saturated carbocycles. The Balaban J connectivity index is 1.87. The van der Waals surface area contributed by atoms with Crippen LogP contribution in [0.3, 0.4) is 0 Å². The second kappa shape index (κ2) is 4.89. The topological polar surface area (TPSA) is 49.4 Å². The van der Waals surface area contributed by atoms with E-state index in [4.69, 9.17) is 0 Å². The van der Waals surface area contributed by atoms with Crippen molar-refractivity contribution in [2.45, 2.75) is 37.4 Å². The highest BCUT2D eigenvalue weighted by Crippen LogP contribution is 2.49. The fourth-order valence-corrected chi connectivity index (χ4v) is 3.46. The number of piperidine rings is 1. The van der Waals surface area contributed by atoms with Crippen LogP contribution < -0.4 is 5.32 Å². The van der Waals surface area contributed by atoms with Crippen LogP contribution in [0.5, 0.6) is 0 Å². The average Bonchev–Trinajstić information content (AvgIpc) is 3.06. The summed E-state index contributed by atoms with van der Waals surface area (Å²) in [5.41, 5.74) is -1.71. The van der Waals surface area contributed by atoms with Crippen molar-refractivity contribution in [3.05, 3.63) is 0 Å². The maximum absolute atomic E-state index is 12.7. The van der Waals surface area contributed by atoms with Gasteiger partial charge in [0, 0.05) is 19.6 Å². The number of nitrogens with one attached hydrogen (secondary N) is 1. The van der Waals surface area contributed by atoms with Crippen molar-refractivity contribution in [2.24, 2.45) is 5.92 Å². The Morgan fingerprint density at radius 2 is 2.00 bits per heavy atom. The van der Waals surface area contributed by atoms with Crippen molar-refractivity contribution in [3.63, 3.8) is 0 Å². The van der Waals surface area contributed by atoms with Gasteiger partial charge in [0.25, 0.3) is 0 Å². The quantitative estimate of drug-likeness (QED) is 0.852. The van der Waals surface area contributed by atoms with Gasteiger partial charge in [0.1, 0.15) is 5.54 Å². The second-order valence-electron chi connectivity index (χ2n) is 5.59. The van der Waals surface area contributed by atoms with Gasteiger partial charge >= 0.3 is 6.18 Å². The van der Waals surface area contributed by atoms with Crippen molar-refractivity contribution in [1.29, 1.82) is 0 Å². The summed E-state index contributed by atoms with van der Waals surface area (Å²) in [5.74, 6) is -0.0386. The molecule has 1 aliphatic heterocycles. The summed E-state index contributed by atoms with van der Waals surface area (Å²) in [4.78, 5) is 0. The zero-order valence-electron chi connectivity index (χ0n) is 10.8. The molecule has 1 atom stereocenters. The van der Waals surface area contributed by atoms with Crippen molar-refractivity contribution in [3.8, 4) is 0 Å². The predicted octanol–water partition coefficient (Wildman–Crippen LogP) is 1.34. The van der Waals surface area contributed by atoms with Gasteiger partial charge < -0.3 is 5.32 Å². The zero-order chi connectivity index (χ0) is 14.3. The van der Waals surface area contributed by atoms with Crippen molar-refractivity contribution in [1.82, 2.24) is 9.62 Å². The molecule has 0 radical (unpaired) electrons. The fourth-order valence-electron chi connectivity index (χ4n) is 2.52. The second-order valence-corrected chi connectivity index (χ2v) is 7.57. The third-order valence-electron chi connectivity index (χ3n) is 3.97. The van der Waals surface area contributed by atoms with Gasteiger partial charge in [0.15, 0.2) is 0 Å². The summed E-state index contributed by atoms with van der Waals surface area (Å²) in [6.07, 6.45) is -1.34. The molecule has 0 bridgehead atoms. The van der Waals surface area contributed by atoms with Gasteiger partial charge in [-0.25, -0.2) is 12.7 Å². The van der Waals surface area contributed by atoms with Gasteiger partial charge in [-0.05, 0) is 31.6 Å². The molecular weight excluding hydrogens is 281 g/mol. The van der Waals surface area contributed by atoms with Gasteiger partial charge in [0.05, 0.1) is 6.26 Å². The molecule has 0 amide bonds. The van der Waals surface area contributed by atoms with Crippen LogP contribution in [0.2, 0.25) is 0 Å². The lowest BCUT2D eigenvalue weighted by atomic mass is 9.99. The van der Waals surface area contributed by atoms with Crippen LogP contribution in [0.25, 0.3) is 0 Å². The Morgan fingerprint density at radius 1 is 1.37 bits per heavy atom. The largest absolute Gasteiger partial charge is 0.406 e. The summed E-state index contributed by atoms with van der Waals surface area (Å²) >= 11 is 0. The Kier molecular flexibility index (Phi) is 3.88. The molecule has 1 N–H and O–H groups in total. The van der Waals surface area contributed by atoms with Gasteiger partial charge in [-0.2, -0.15) is 13.2 Å². The van der Waals surface area contributed by atoms with E-state index in [-0.39, 0.29) is 25.3 Å². The molecule has 112 valence electrons. The number of nitrogens with zero attached hydrogens (tertiary/aromatic N) is 1. The first-order chi connectivity index (χ1) is 8.64. The van der Waals surface area contributed by atoms with Gasteiger partial charge in [-0.3, -0.25) is 0 Å². The van der Waals surface area contributed by atoms with Crippen LogP contribution in [0.4, 0.5) is 13.2 Å². The first kappa shape index (κ1) is 15.1. The molecule has 1 unspecified atom stereocenters. The van der Waals surface area contributed by atoms with E-state index in [1.807, 2.05) is 0 Å². The lowest BCUT2D eigenvalue weighted by Gasteiger charge is -2.32. The molecule has 19 heavy (non-hydrogen) atoms. The number of halogens is 3. The molecule has 4 nitrogen and oxygen atoms in total. The first-order valence-corrected chi connectivity index (χ1v) is 8.26. The monoisotopic (exact) mass is 300 g/mol. The summed E-state index contributed by atoms with van der Waals surface area (Å²) < 4.78 is 62.5. The van der Waals surface area contributed by atoms with E-state index in [0.29, 0.717) is 19.5 Å². The number of sulfonamides is 1. The maximum atomic E-state index is 12.7. The van der Waals surface area contributed by atoms with Crippen LogP contribution >= 0.6 is 0 Å². The summed E-state index contributed by atoms with van der Waals surface area (Å²) in [6.45, 7) is 1.02. The Morgan fingerprint density at radius 3 is 2.47 bits per heavy atom. The Bertz CT molecular complexity index is 432. The summed E-state index contributed by atoms with van der Waals surface area (Å²) in [5, 5.41) is 2.61. The van der Waals surface area contributed by atoms with Gasteiger partial charge in [-0.15, -0.1) is 0 Å². The molecule has 0 aromatic carbocycles. The normalized spacial score (nSPS) is 28.3. The number of hydrogen-bond donors (Lipinski definition) is 1. The number of alkyl halides is 3. The molecule has 2 aliphatic rings. The highest BCUT2D eigenvalue weighted by molar-refractivity contribution is 7.88. The standard InChI is InChI=1S/C11H19F3N2O2S/c1-19(17,18)16-6-2-3-9(8-16)7-15-10(4-5-10)11(12,13)14/h9,15H,2-8H2,1H3. The molecule has 2 rings (SSSR count). The summed E-state index contributed by atoms with van der Waals surface area (Å²) in [6, 6.07) is 0. The van der Waals surface area contributed by atoms with E-state index < -0.39 is 21.7 Å². The van der Waals surface area contributed by atoms with E-state index in [1.165, 1.54) is 4.31 Å². The van der Waals surface area contributed by atoms with Crippen LogP contribution in [-0.2, 0) is 10.0 Å². The molecular formula is C11H19F3N2O2S. The third-order valence-corrected chi connectivity index (χ3v) is 5.24. The zero-order valence-corrected chi connectivity index (χ0v) is 11.6. The Hall–Kier alpha value is -0.340. The molecule has 8 heteroatoms. The minimum atomic E-state index is -4.21. The van der Waals surface area contributed by atoms with Crippen molar-refractivity contribution < 1.29 is 21.6 Å². The minimum Gasteiger partial charge on any atom is -0.303 e. The van der Waals surface area contributed by atoms with E-state index in [2.05, 4.69) is 5.32 Å². The van der Waals surface area contributed by atoms with Gasteiger partial charge in [-0.1, -0.05) is 0 Å². The Labute approximate surface area is 111 Å². The fraction of sp³-hybridized carbons (Fsp3) is 1.00. The molecule has 0 aromatic heterocycles. The first-order valence-electron chi connectivity index (χ1n) is 6.41. The SMILES string of the molecule is CS(=O)(=O)N1CCCC(CNC2(C(F)(F)F)CC2)C1. The number of hydrogen-bond acceptors (Lipinski definition) is 3. The molecule has 0 aromatic rings. The highest BCUT2D eigenvalue weighted by Gasteiger charge is 2.63. The van der Waals surface area contributed by atoms with Crippen LogP contribution in [0.15, 0.2) is 0 Å². The number of rotatable bonds is 4. The lowest BCUT2D eigenvalue weighted by Crippen LogP contribution is -2.49. The molecule has 1 heterocycles. The minimum absolute atomic E-state index is 0.0386. The van der Waals surface area contributed by atoms with Crippen LogP contribution in [0.1, 0.15) is 25.7 Å². The van der Waals surface area contributed by atoms with Crippen molar-refractivity contribution in [2.75, 3.05) is 25.9 Å². The third kappa shape index (κ3) is 3.41. The predicted molar refractivity (Wildman–Crippen MR) is 65.2 cm³/mol. The molecule has 2 fully saturated rings. The van der Waals surface area contributed by atoms with E-state index in [9.17, 15) is 21.6 Å². The molecule has 1 aliphatic carbocycles. The summed E-state index contributed by atoms with van der Waals surface area (Å²) in [7, 11) is -3.24. The van der Waals surface area contributed by atoms with E-state index in [0.717, 1.165) is 12.7 Å². The van der Waals surface area contributed by atoms with E-state index in [1.54, 1.807) is 0 Å². The molecule has 0 spiro atoms. The van der Waals surface area contributed by atoms with Crippen LogP contribution in [0, 0.1) is 5.92 Å². The lowest BCUT2D eigenvalue weighted by molar-refractivity contribution is -0.166. The average molecular weight is 300 g/mol. The van der Waals surface area contributed by atoms with Crippen LogP contribution in [-0.4, -0.2) is 50.3 Å². The molecule has 1 saturated heterocycles.